The molecule has 33 heavy (non-hydrogen) atoms. The SMILES string of the molecule is Cc1cccc(NC(=O)N2CCCC(C(=O)Nc3cccc(C(=O)c4ccccc4)c3)C2)c1. The van der Waals surface area contributed by atoms with E-state index in [4.69, 9.17) is 0 Å². The Balaban J connectivity index is 1.38. The van der Waals surface area contributed by atoms with E-state index >= 15 is 0 Å². The number of likely N-dealkylation sites (tertiary alicyclic amines) is 1. The molecule has 1 aliphatic rings. The first-order valence-corrected chi connectivity index (χ1v) is 11.1. The normalized spacial score (nSPS) is 15.5. The molecule has 0 radical (unpaired) electrons. The van der Waals surface area contributed by atoms with Crippen LogP contribution in [0.25, 0.3) is 0 Å². The molecule has 1 fully saturated rings. The van der Waals surface area contributed by atoms with Crippen molar-refractivity contribution in [1.29, 1.82) is 0 Å². The second-order valence-electron chi connectivity index (χ2n) is 8.35. The minimum atomic E-state index is -0.310. The topological polar surface area (TPSA) is 78.5 Å². The summed E-state index contributed by atoms with van der Waals surface area (Å²) in [4.78, 5) is 40.0. The maximum absolute atomic E-state index is 12.9. The van der Waals surface area contributed by atoms with Gasteiger partial charge in [0, 0.05) is 35.6 Å². The molecule has 0 aromatic heterocycles. The van der Waals surface area contributed by atoms with Gasteiger partial charge in [-0.25, -0.2) is 4.79 Å². The summed E-state index contributed by atoms with van der Waals surface area (Å²) in [6.07, 6.45) is 1.47. The first kappa shape index (κ1) is 22.3. The Morgan fingerprint density at radius 3 is 2.27 bits per heavy atom. The van der Waals surface area contributed by atoms with Crippen molar-refractivity contribution in [3.63, 3.8) is 0 Å². The van der Waals surface area contributed by atoms with Crippen LogP contribution in [0, 0.1) is 12.8 Å². The van der Waals surface area contributed by atoms with Crippen molar-refractivity contribution in [2.24, 2.45) is 5.92 Å². The predicted molar refractivity (Wildman–Crippen MR) is 129 cm³/mol. The summed E-state index contributed by atoms with van der Waals surface area (Å²) in [7, 11) is 0. The van der Waals surface area contributed by atoms with Crippen LogP contribution in [0.4, 0.5) is 16.2 Å². The van der Waals surface area contributed by atoms with Crippen molar-refractivity contribution < 1.29 is 14.4 Å². The first-order valence-electron chi connectivity index (χ1n) is 11.1. The number of rotatable bonds is 5. The Morgan fingerprint density at radius 1 is 0.818 bits per heavy atom. The Kier molecular flexibility index (Phi) is 6.83. The number of ketones is 1. The molecular formula is C27H27N3O3. The van der Waals surface area contributed by atoms with E-state index in [2.05, 4.69) is 10.6 Å². The lowest BCUT2D eigenvalue weighted by Crippen LogP contribution is -2.45. The molecule has 0 saturated carbocycles. The van der Waals surface area contributed by atoms with Crippen LogP contribution in [0.2, 0.25) is 0 Å². The van der Waals surface area contributed by atoms with Crippen LogP contribution < -0.4 is 10.6 Å². The smallest absolute Gasteiger partial charge is 0.321 e. The number of carbonyl (C=O) groups is 3. The minimum Gasteiger partial charge on any atom is -0.326 e. The number of piperidine rings is 1. The second kappa shape index (κ2) is 10.1. The molecule has 1 saturated heterocycles. The van der Waals surface area contributed by atoms with Gasteiger partial charge in [0.2, 0.25) is 5.91 Å². The second-order valence-corrected chi connectivity index (χ2v) is 8.35. The monoisotopic (exact) mass is 441 g/mol. The summed E-state index contributed by atoms with van der Waals surface area (Å²) >= 11 is 0. The highest BCUT2D eigenvalue weighted by molar-refractivity contribution is 6.09. The minimum absolute atomic E-state index is 0.0941. The van der Waals surface area contributed by atoms with Crippen LogP contribution in [0.3, 0.4) is 0 Å². The fourth-order valence-corrected chi connectivity index (χ4v) is 4.04. The molecule has 4 rings (SSSR count). The van der Waals surface area contributed by atoms with Crippen LogP contribution >= 0.6 is 0 Å². The summed E-state index contributed by atoms with van der Waals surface area (Å²) in [6.45, 7) is 2.94. The molecule has 1 unspecified atom stereocenters. The molecule has 2 N–H and O–H groups in total. The highest BCUT2D eigenvalue weighted by Gasteiger charge is 2.28. The largest absolute Gasteiger partial charge is 0.326 e. The summed E-state index contributed by atoms with van der Waals surface area (Å²) in [5, 5.41) is 5.84. The van der Waals surface area contributed by atoms with Crippen molar-refractivity contribution in [3.8, 4) is 0 Å². The maximum Gasteiger partial charge on any atom is 0.321 e. The third kappa shape index (κ3) is 5.66. The third-order valence-electron chi connectivity index (χ3n) is 5.78. The third-order valence-corrected chi connectivity index (χ3v) is 5.78. The molecule has 1 aliphatic heterocycles. The number of benzene rings is 3. The van der Waals surface area contributed by atoms with E-state index in [1.165, 1.54) is 0 Å². The zero-order valence-electron chi connectivity index (χ0n) is 18.6. The van der Waals surface area contributed by atoms with Crippen LogP contribution in [-0.2, 0) is 4.79 Å². The average molecular weight is 442 g/mol. The summed E-state index contributed by atoms with van der Waals surface area (Å²) in [5.41, 5.74) is 3.50. The number of nitrogens with one attached hydrogen (secondary N) is 2. The van der Waals surface area contributed by atoms with Gasteiger partial charge in [-0.15, -0.1) is 0 Å². The Labute approximate surface area is 193 Å². The summed E-state index contributed by atoms with van der Waals surface area (Å²) in [6, 6.07) is 23.4. The number of amides is 3. The number of anilines is 2. The quantitative estimate of drug-likeness (QED) is 0.540. The van der Waals surface area contributed by atoms with Gasteiger partial charge >= 0.3 is 6.03 Å². The molecule has 3 amide bonds. The van der Waals surface area contributed by atoms with Gasteiger partial charge < -0.3 is 15.5 Å². The Bertz CT molecular complexity index is 1160. The van der Waals surface area contributed by atoms with Gasteiger partial charge in [0.1, 0.15) is 0 Å². The summed E-state index contributed by atoms with van der Waals surface area (Å²) in [5.74, 6) is -0.550. The lowest BCUT2D eigenvalue weighted by molar-refractivity contribution is -0.121. The zero-order valence-corrected chi connectivity index (χ0v) is 18.6. The fourth-order valence-electron chi connectivity index (χ4n) is 4.04. The molecular weight excluding hydrogens is 414 g/mol. The number of nitrogens with zero attached hydrogens (tertiary/aromatic N) is 1. The van der Waals surface area contributed by atoms with Gasteiger partial charge in [-0.3, -0.25) is 9.59 Å². The standard InChI is InChI=1S/C27H27N3O3/c1-19-8-5-13-23(16-19)29-27(33)30-15-7-12-22(18-30)26(32)28-24-14-6-11-21(17-24)25(31)20-9-3-2-4-10-20/h2-6,8-11,13-14,16-17,22H,7,12,15,18H2,1H3,(H,28,32)(H,29,33). The van der Waals surface area contributed by atoms with Gasteiger partial charge in [-0.2, -0.15) is 0 Å². The van der Waals surface area contributed by atoms with Crippen LogP contribution in [0.15, 0.2) is 78.9 Å². The molecule has 168 valence electrons. The molecule has 1 heterocycles. The Hall–Kier alpha value is -3.93. The van der Waals surface area contributed by atoms with E-state index in [9.17, 15) is 14.4 Å². The molecule has 0 spiro atoms. The van der Waals surface area contributed by atoms with E-state index in [1.54, 1.807) is 41.3 Å². The number of hydrogen-bond acceptors (Lipinski definition) is 3. The highest BCUT2D eigenvalue weighted by Crippen LogP contribution is 2.21. The lowest BCUT2D eigenvalue weighted by atomic mass is 9.97. The van der Waals surface area contributed by atoms with E-state index < -0.39 is 0 Å². The van der Waals surface area contributed by atoms with Crippen molar-refractivity contribution in [2.45, 2.75) is 19.8 Å². The van der Waals surface area contributed by atoms with Gasteiger partial charge in [0.15, 0.2) is 5.78 Å². The summed E-state index contributed by atoms with van der Waals surface area (Å²) < 4.78 is 0. The van der Waals surface area contributed by atoms with E-state index in [0.717, 1.165) is 17.7 Å². The lowest BCUT2D eigenvalue weighted by Gasteiger charge is -2.32. The molecule has 6 nitrogen and oxygen atoms in total. The average Bonchev–Trinajstić information content (AvgIpc) is 2.84. The molecule has 3 aromatic carbocycles. The van der Waals surface area contributed by atoms with Gasteiger partial charge in [0.25, 0.3) is 0 Å². The van der Waals surface area contributed by atoms with E-state index in [1.807, 2.05) is 49.4 Å². The number of aryl methyl sites for hydroxylation is 1. The number of carbonyl (C=O) groups excluding carboxylic acids is 3. The van der Waals surface area contributed by atoms with Gasteiger partial charge in [-0.05, 0) is 49.6 Å². The van der Waals surface area contributed by atoms with E-state index in [-0.39, 0.29) is 23.6 Å². The zero-order chi connectivity index (χ0) is 23.2. The van der Waals surface area contributed by atoms with Gasteiger partial charge in [0.05, 0.1) is 5.92 Å². The molecule has 0 aliphatic carbocycles. The Morgan fingerprint density at radius 2 is 1.52 bits per heavy atom. The van der Waals surface area contributed by atoms with Crippen LogP contribution in [0.5, 0.6) is 0 Å². The maximum atomic E-state index is 12.9. The van der Waals surface area contributed by atoms with Gasteiger partial charge in [-0.1, -0.05) is 54.6 Å². The van der Waals surface area contributed by atoms with Crippen molar-refractivity contribution in [2.75, 3.05) is 23.7 Å². The highest BCUT2D eigenvalue weighted by atomic mass is 16.2. The predicted octanol–water partition coefficient (Wildman–Crippen LogP) is 5.11. The molecule has 6 heteroatoms. The number of hydrogen-bond donors (Lipinski definition) is 2. The molecule has 0 bridgehead atoms. The molecule has 1 atom stereocenters. The molecule has 3 aromatic rings. The van der Waals surface area contributed by atoms with Crippen molar-refractivity contribution >= 4 is 29.1 Å². The van der Waals surface area contributed by atoms with Crippen molar-refractivity contribution in [3.05, 3.63) is 95.6 Å². The van der Waals surface area contributed by atoms with Crippen molar-refractivity contribution in [1.82, 2.24) is 4.90 Å². The fraction of sp³-hybridized carbons (Fsp3) is 0.222. The van der Waals surface area contributed by atoms with E-state index in [0.29, 0.717) is 36.3 Å². The van der Waals surface area contributed by atoms with Crippen LogP contribution in [-0.4, -0.2) is 35.7 Å². The number of urea groups is 1. The van der Waals surface area contributed by atoms with Crippen LogP contribution in [0.1, 0.15) is 34.3 Å². The first-order chi connectivity index (χ1) is 16.0.